The predicted octanol–water partition coefficient (Wildman–Crippen LogP) is 2.12. The van der Waals surface area contributed by atoms with Crippen molar-refractivity contribution in [2.24, 2.45) is 13.0 Å². The van der Waals surface area contributed by atoms with Crippen LogP contribution >= 0.6 is 0 Å². The van der Waals surface area contributed by atoms with Crippen molar-refractivity contribution >= 4 is 17.1 Å². The molecule has 3 rings (SSSR count). The number of nitrogen functional groups attached to an aromatic ring is 1. The second-order valence-electron chi connectivity index (χ2n) is 5.94. The van der Waals surface area contributed by atoms with Crippen LogP contribution in [0.3, 0.4) is 0 Å². The largest absolute Gasteiger partial charge is 0.378 e. The van der Waals surface area contributed by atoms with Gasteiger partial charge in [-0.1, -0.05) is 20.3 Å². The molecule has 1 aliphatic rings. The molecular weight excluding hydrogens is 266 g/mol. The van der Waals surface area contributed by atoms with Crippen molar-refractivity contribution in [1.82, 2.24) is 19.3 Å². The molecule has 21 heavy (non-hydrogen) atoms. The number of nitrogens with two attached hydrogens (primary N) is 1. The summed E-state index contributed by atoms with van der Waals surface area (Å²) in [4.78, 5) is 4.56. The summed E-state index contributed by atoms with van der Waals surface area (Å²) in [6, 6.07) is 0. The molecule has 6 nitrogen and oxygen atoms in total. The average Bonchev–Trinajstić information content (AvgIpc) is 3.10. The molecule has 1 saturated heterocycles. The van der Waals surface area contributed by atoms with Gasteiger partial charge in [-0.15, -0.1) is 0 Å². The number of ether oxygens (including phenoxy) is 1. The van der Waals surface area contributed by atoms with Crippen LogP contribution in [0.5, 0.6) is 0 Å². The third-order valence-corrected chi connectivity index (χ3v) is 4.47. The Bertz CT molecular complexity index is 630. The van der Waals surface area contributed by atoms with Gasteiger partial charge < -0.3 is 10.5 Å². The maximum absolute atomic E-state index is 6.17. The molecule has 0 radical (unpaired) electrons. The number of hydrogen-bond donors (Lipinski definition) is 1. The van der Waals surface area contributed by atoms with E-state index in [4.69, 9.17) is 10.5 Å². The van der Waals surface area contributed by atoms with Gasteiger partial charge >= 0.3 is 0 Å². The van der Waals surface area contributed by atoms with E-state index < -0.39 is 0 Å². The molecule has 1 fully saturated rings. The van der Waals surface area contributed by atoms with Gasteiger partial charge in [0.05, 0.1) is 11.8 Å². The number of hydrogen-bond acceptors (Lipinski definition) is 4. The van der Waals surface area contributed by atoms with Gasteiger partial charge in [0.25, 0.3) is 0 Å². The molecule has 6 heteroatoms. The maximum atomic E-state index is 6.17. The van der Waals surface area contributed by atoms with Crippen LogP contribution in [-0.4, -0.2) is 32.0 Å². The van der Waals surface area contributed by atoms with E-state index in [1.807, 2.05) is 11.7 Å². The van der Waals surface area contributed by atoms with Crippen molar-refractivity contribution in [3.8, 4) is 0 Å². The first-order valence-electron chi connectivity index (χ1n) is 7.94. The summed E-state index contributed by atoms with van der Waals surface area (Å²) in [6.07, 6.45) is 4.49. The lowest BCUT2D eigenvalue weighted by atomic mass is 9.99. The third-order valence-electron chi connectivity index (χ3n) is 4.47. The van der Waals surface area contributed by atoms with E-state index in [0.717, 1.165) is 55.7 Å². The molecule has 0 aliphatic carbocycles. The van der Waals surface area contributed by atoms with E-state index in [2.05, 4.69) is 28.5 Å². The molecule has 2 unspecified atom stereocenters. The third kappa shape index (κ3) is 2.41. The molecule has 1 aliphatic heterocycles. The summed E-state index contributed by atoms with van der Waals surface area (Å²) < 4.78 is 9.82. The number of aromatic nitrogens is 4. The number of imidazole rings is 1. The van der Waals surface area contributed by atoms with Gasteiger partial charge in [0, 0.05) is 26.1 Å². The van der Waals surface area contributed by atoms with Crippen LogP contribution in [-0.2, 0) is 24.8 Å². The number of aryl methyl sites for hydroxylation is 2. The Hall–Kier alpha value is -1.56. The Kier molecular flexibility index (Phi) is 3.89. The summed E-state index contributed by atoms with van der Waals surface area (Å²) in [6.45, 7) is 6.06. The minimum Gasteiger partial charge on any atom is -0.378 e. The highest BCUT2D eigenvalue weighted by Crippen LogP contribution is 2.29. The van der Waals surface area contributed by atoms with E-state index >= 15 is 0 Å². The van der Waals surface area contributed by atoms with Crippen molar-refractivity contribution in [3.63, 3.8) is 0 Å². The highest BCUT2D eigenvalue weighted by atomic mass is 16.5. The van der Waals surface area contributed by atoms with Gasteiger partial charge in [0.15, 0.2) is 5.65 Å². The van der Waals surface area contributed by atoms with Crippen LogP contribution in [0.25, 0.3) is 11.2 Å². The fourth-order valence-corrected chi connectivity index (χ4v) is 3.43. The van der Waals surface area contributed by atoms with Crippen molar-refractivity contribution < 1.29 is 4.74 Å². The predicted molar refractivity (Wildman–Crippen MR) is 83.0 cm³/mol. The normalized spacial score (nSPS) is 22.4. The molecule has 2 N–H and O–H groups in total. The van der Waals surface area contributed by atoms with Gasteiger partial charge in [-0.3, -0.25) is 9.25 Å². The van der Waals surface area contributed by atoms with Gasteiger partial charge in [-0.25, -0.2) is 4.98 Å². The monoisotopic (exact) mass is 291 g/mol. The Labute approximate surface area is 125 Å². The lowest BCUT2D eigenvalue weighted by molar-refractivity contribution is 0.0838. The van der Waals surface area contributed by atoms with Crippen molar-refractivity contribution in [2.45, 2.75) is 52.2 Å². The zero-order chi connectivity index (χ0) is 15.0. The Morgan fingerprint density at radius 2 is 2.19 bits per heavy atom. The zero-order valence-corrected chi connectivity index (χ0v) is 13.2. The van der Waals surface area contributed by atoms with E-state index in [1.54, 1.807) is 0 Å². The van der Waals surface area contributed by atoms with Gasteiger partial charge in [-0.2, -0.15) is 5.10 Å². The first kappa shape index (κ1) is 14.4. The minimum absolute atomic E-state index is 0.338. The van der Waals surface area contributed by atoms with E-state index in [1.165, 1.54) is 0 Å². The van der Waals surface area contributed by atoms with Gasteiger partial charge in [-0.05, 0) is 19.3 Å². The average molecular weight is 291 g/mol. The molecule has 0 saturated carbocycles. The molecule has 0 aromatic carbocycles. The second-order valence-corrected chi connectivity index (χ2v) is 5.94. The van der Waals surface area contributed by atoms with Gasteiger partial charge in [0.2, 0.25) is 5.95 Å². The minimum atomic E-state index is 0.338. The van der Waals surface area contributed by atoms with E-state index in [0.29, 0.717) is 18.0 Å². The van der Waals surface area contributed by atoms with E-state index in [-0.39, 0.29) is 0 Å². The number of anilines is 1. The summed E-state index contributed by atoms with van der Waals surface area (Å²) in [5.41, 5.74) is 9.22. The highest BCUT2D eigenvalue weighted by molar-refractivity contribution is 5.77. The molecular formula is C15H25N5O. The maximum Gasteiger partial charge on any atom is 0.202 e. The lowest BCUT2D eigenvalue weighted by Crippen LogP contribution is -2.21. The molecule has 3 heterocycles. The summed E-state index contributed by atoms with van der Waals surface area (Å²) in [7, 11) is 1.97. The summed E-state index contributed by atoms with van der Waals surface area (Å²) in [5, 5.41) is 4.60. The first-order chi connectivity index (χ1) is 10.2. The van der Waals surface area contributed by atoms with Crippen molar-refractivity contribution in [1.29, 1.82) is 0 Å². The van der Waals surface area contributed by atoms with Crippen molar-refractivity contribution in [3.05, 3.63) is 5.69 Å². The molecule has 2 atom stereocenters. The fraction of sp³-hybridized carbons (Fsp3) is 0.733. The summed E-state index contributed by atoms with van der Waals surface area (Å²) in [5.74, 6) is 1.11. The molecule has 0 bridgehead atoms. The quantitative estimate of drug-likeness (QED) is 0.916. The number of rotatable bonds is 5. The van der Waals surface area contributed by atoms with Crippen LogP contribution in [0.4, 0.5) is 5.95 Å². The van der Waals surface area contributed by atoms with Crippen molar-refractivity contribution in [2.75, 3.05) is 12.3 Å². The summed E-state index contributed by atoms with van der Waals surface area (Å²) >= 11 is 0. The molecule has 116 valence electrons. The number of fused-ring (bicyclic) bond motifs is 1. The Morgan fingerprint density at radius 3 is 2.90 bits per heavy atom. The molecule has 2 aromatic heterocycles. The first-order valence-corrected chi connectivity index (χ1v) is 7.94. The number of nitrogens with zero attached hydrogens (tertiary/aromatic N) is 4. The van der Waals surface area contributed by atoms with Crippen LogP contribution in [0.2, 0.25) is 0 Å². The van der Waals surface area contributed by atoms with Crippen LogP contribution in [0.15, 0.2) is 0 Å². The fourth-order valence-electron chi connectivity index (χ4n) is 3.43. The lowest BCUT2D eigenvalue weighted by Gasteiger charge is -2.18. The Morgan fingerprint density at radius 1 is 1.38 bits per heavy atom. The molecule has 2 aromatic rings. The zero-order valence-electron chi connectivity index (χ0n) is 13.2. The SMILES string of the molecule is CCCc1nn(C)c2c1nc(N)n2CC1CCOC1CC. The van der Waals surface area contributed by atoms with E-state index in [9.17, 15) is 0 Å². The van der Waals surface area contributed by atoms with Crippen LogP contribution < -0.4 is 5.73 Å². The molecule has 0 amide bonds. The second kappa shape index (κ2) is 5.67. The highest BCUT2D eigenvalue weighted by Gasteiger charge is 2.29. The topological polar surface area (TPSA) is 70.9 Å². The van der Waals surface area contributed by atoms with Gasteiger partial charge in [0.1, 0.15) is 5.52 Å². The Balaban J connectivity index is 1.96. The molecule has 0 spiro atoms. The van der Waals surface area contributed by atoms with Crippen LogP contribution in [0.1, 0.15) is 38.8 Å². The standard InChI is InChI=1S/C15H25N5O/c1-4-6-11-13-14(19(3)18-11)20(15(16)17-13)9-10-7-8-21-12(10)5-2/h10,12H,4-9H2,1-3H3,(H2,16,17). The van der Waals surface area contributed by atoms with Crippen LogP contribution in [0, 0.1) is 5.92 Å². The smallest absolute Gasteiger partial charge is 0.202 e.